The Morgan fingerprint density at radius 2 is 1.96 bits per heavy atom. The van der Waals surface area contributed by atoms with Gasteiger partial charge in [-0.2, -0.15) is 0 Å². The summed E-state index contributed by atoms with van der Waals surface area (Å²) < 4.78 is 7.17. The lowest BCUT2D eigenvalue weighted by Crippen LogP contribution is -2.24. The number of thioether (sulfide) groups is 1. The SMILES string of the molecule is COc1ccc(CNC(=O)CSc2nccn2-c2cccc(C)c2C)cc1. The van der Waals surface area contributed by atoms with Gasteiger partial charge in [-0.15, -0.1) is 0 Å². The van der Waals surface area contributed by atoms with Gasteiger partial charge in [0, 0.05) is 18.9 Å². The van der Waals surface area contributed by atoms with Gasteiger partial charge in [-0.05, 0) is 48.7 Å². The summed E-state index contributed by atoms with van der Waals surface area (Å²) >= 11 is 1.43. The van der Waals surface area contributed by atoms with E-state index in [0.717, 1.165) is 22.2 Å². The average molecular weight is 382 g/mol. The van der Waals surface area contributed by atoms with Crippen LogP contribution >= 0.6 is 11.8 Å². The fourth-order valence-corrected chi connectivity index (χ4v) is 3.50. The maximum absolute atomic E-state index is 12.2. The molecule has 0 bridgehead atoms. The highest BCUT2D eigenvalue weighted by atomic mass is 32.2. The van der Waals surface area contributed by atoms with E-state index in [1.807, 2.05) is 41.1 Å². The number of aromatic nitrogens is 2. The quantitative estimate of drug-likeness (QED) is 0.631. The molecule has 0 saturated carbocycles. The van der Waals surface area contributed by atoms with Crippen molar-refractivity contribution in [3.05, 3.63) is 71.5 Å². The summed E-state index contributed by atoms with van der Waals surface area (Å²) in [7, 11) is 1.64. The number of amides is 1. The first-order chi connectivity index (χ1) is 13.1. The Labute approximate surface area is 163 Å². The van der Waals surface area contributed by atoms with E-state index in [4.69, 9.17) is 4.74 Å². The van der Waals surface area contributed by atoms with E-state index in [2.05, 4.69) is 36.3 Å². The van der Waals surface area contributed by atoms with Crippen molar-refractivity contribution in [3.63, 3.8) is 0 Å². The highest BCUT2D eigenvalue weighted by Gasteiger charge is 2.11. The van der Waals surface area contributed by atoms with E-state index in [0.29, 0.717) is 12.3 Å². The second-order valence-corrected chi connectivity index (χ2v) is 7.15. The van der Waals surface area contributed by atoms with Gasteiger partial charge in [0.05, 0.1) is 18.6 Å². The summed E-state index contributed by atoms with van der Waals surface area (Å²) in [6.07, 6.45) is 3.69. The molecule has 27 heavy (non-hydrogen) atoms. The second kappa shape index (κ2) is 8.77. The third-order valence-corrected chi connectivity index (χ3v) is 5.39. The van der Waals surface area contributed by atoms with Crippen LogP contribution in [0.1, 0.15) is 16.7 Å². The van der Waals surface area contributed by atoms with Crippen LogP contribution in [-0.4, -0.2) is 28.3 Å². The number of methoxy groups -OCH3 is 1. The van der Waals surface area contributed by atoms with Gasteiger partial charge < -0.3 is 10.1 Å². The van der Waals surface area contributed by atoms with Crippen molar-refractivity contribution in [2.45, 2.75) is 25.5 Å². The molecular formula is C21H23N3O2S. The molecule has 6 heteroatoms. The van der Waals surface area contributed by atoms with Crippen molar-refractivity contribution >= 4 is 17.7 Å². The fraction of sp³-hybridized carbons (Fsp3) is 0.238. The summed E-state index contributed by atoms with van der Waals surface area (Å²) in [6.45, 7) is 4.69. The number of ether oxygens (including phenoxy) is 1. The molecule has 140 valence electrons. The minimum Gasteiger partial charge on any atom is -0.497 e. The van der Waals surface area contributed by atoms with E-state index >= 15 is 0 Å². The number of hydrogen-bond donors (Lipinski definition) is 1. The van der Waals surface area contributed by atoms with Crippen molar-refractivity contribution < 1.29 is 9.53 Å². The van der Waals surface area contributed by atoms with Crippen LogP contribution in [0.5, 0.6) is 5.75 Å². The first-order valence-corrected chi connectivity index (χ1v) is 9.69. The van der Waals surface area contributed by atoms with Crippen molar-refractivity contribution in [2.75, 3.05) is 12.9 Å². The van der Waals surface area contributed by atoms with E-state index in [1.54, 1.807) is 13.3 Å². The van der Waals surface area contributed by atoms with Gasteiger partial charge in [-0.25, -0.2) is 4.98 Å². The predicted molar refractivity (Wildman–Crippen MR) is 109 cm³/mol. The van der Waals surface area contributed by atoms with E-state index in [-0.39, 0.29) is 5.91 Å². The normalized spacial score (nSPS) is 10.6. The van der Waals surface area contributed by atoms with Crippen LogP contribution in [-0.2, 0) is 11.3 Å². The number of carbonyl (C=O) groups is 1. The zero-order valence-electron chi connectivity index (χ0n) is 15.7. The maximum atomic E-state index is 12.2. The number of carbonyl (C=O) groups excluding carboxylic acids is 1. The lowest BCUT2D eigenvalue weighted by molar-refractivity contribution is -0.118. The lowest BCUT2D eigenvalue weighted by atomic mass is 10.1. The van der Waals surface area contributed by atoms with Crippen LogP contribution in [0.4, 0.5) is 0 Å². The highest BCUT2D eigenvalue weighted by molar-refractivity contribution is 7.99. The van der Waals surface area contributed by atoms with Crippen molar-refractivity contribution in [1.82, 2.24) is 14.9 Å². The summed E-state index contributed by atoms with van der Waals surface area (Å²) in [5.74, 6) is 1.10. The average Bonchev–Trinajstić information content (AvgIpc) is 3.15. The summed E-state index contributed by atoms with van der Waals surface area (Å²) in [4.78, 5) is 16.6. The molecule has 2 aromatic carbocycles. The highest BCUT2D eigenvalue weighted by Crippen LogP contribution is 2.24. The zero-order chi connectivity index (χ0) is 19.2. The molecule has 0 aliphatic carbocycles. The van der Waals surface area contributed by atoms with Crippen molar-refractivity contribution in [3.8, 4) is 11.4 Å². The first kappa shape index (κ1) is 19.0. The molecule has 3 rings (SSSR count). The third kappa shape index (κ3) is 4.71. The summed E-state index contributed by atoms with van der Waals surface area (Å²) in [6, 6.07) is 13.9. The molecule has 0 unspecified atom stereocenters. The van der Waals surface area contributed by atoms with Gasteiger partial charge in [0.1, 0.15) is 5.75 Å². The Bertz CT molecular complexity index is 919. The molecule has 5 nitrogen and oxygen atoms in total. The Morgan fingerprint density at radius 1 is 1.19 bits per heavy atom. The summed E-state index contributed by atoms with van der Waals surface area (Å²) in [5, 5.41) is 3.75. The number of rotatable bonds is 7. The summed E-state index contributed by atoms with van der Waals surface area (Å²) in [5.41, 5.74) is 4.57. The molecule has 0 aliphatic rings. The Morgan fingerprint density at radius 3 is 2.70 bits per heavy atom. The largest absolute Gasteiger partial charge is 0.497 e. The number of benzene rings is 2. The van der Waals surface area contributed by atoms with Crippen LogP contribution in [0.2, 0.25) is 0 Å². The number of imidazole rings is 1. The molecule has 1 aromatic heterocycles. The third-order valence-electron chi connectivity index (χ3n) is 4.42. The molecule has 1 amide bonds. The fourth-order valence-electron chi connectivity index (χ4n) is 2.70. The molecule has 0 fully saturated rings. The van der Waals surface area contributed by atoms with E-state index in [1.165, 1.54) is 22.9 Å². The standard InChI is InChI=1S/C21H23N3O2S/c1-15-5-4-6-19(16(15)2)24-12-11-22-21(24)27-14-20(25)23-13-17-7-9-18(26-3)10-8-17/h4-12H,13-14H2,1-3H3,(H,23,25). The minimum atomic E-state index is -0.0219. The van der Waals surface area contributed by atoms with Gasteiger partial charge >= 0.3 is 0 Å². The monoisotopic (exact) mass is 381 g/mol. The molecule has 0 spiro atoms. The molecule has 0 saturated heterocycles. The molecule has 1 heterocycles. The molecular weight excluding hydrogens is 358 g/mol. The number of nitrogens with zero attached hydrogens (tertiary/aromatic N) is 2. The van der Waals surface area contributed by atoms with Crippen LogP contribution in [0, 0.1) is 13.8 Å². The number of aryl methyl sites for hydroxylation is 1. The zero-order valence-corrected chi connectivity index (χ0v) is 16.5. The molecule has 3 aromatic rings. The van der Waals surface area contributed by atoms with Crippen molar-refractivity contribution in [2.24, 2.45) is 0 Å². The van der Waals surface area contributed by atoms with Crippen LogP contribution in [0.15, 0.2) is 60.0 Å². The van der Waals surface area contributed by atoms with Gasteiger partial charge in [0.25, 0.3) is 0 Å². The van der Waals surface area contributed by atoms with E-state index < -0.39 is 0 Å². The van der Waals surface area contributed by atoms with Crippen LogP contribution in [0.3, 0.4) is 0 Å². The smallest absolute Gasteiger partial charge is 0.230 e. The Kier molecular flexibility index (Phi) is 6.19. The minimum absolute atomic E-state index is 0.0219. The second-order valence-electron chi connectivity index (χ2n) is 6.21. The van der Waals surface area contributed by atoms with Crippen molar-refractivity contribution in [1.29, 1.82) is 0 Å². The van der Waals surface area contributed by atoms with E-state index in [9.17, 15) is 4.79 Å². The van der Waals surface area contributed by atoms with Gasteiger partial charge in [-0.1, -0.05) is 36.0 Å². The predicted octanol–water partition coefficient (Wildman–Crippen LogP) is 3.91. The van der Waals surface area contributed by atoms with Crippen LogP contribution in [0.25, 0.3) is 5.69 Å². The number of nitrogens with one attached hydrogen (secondary N) is 1. The van der Waals surface area contributed by atoms with Crippen LogP contribution < -0.4 is 10.1 Å². The lowest BCUT2D eigenvalue weighted by Gasteiger charge is -2.12. The number of hydrogen-bond acceptors (Lipinski definition) is 4. The molecule has 0 atom stereocenters. The first-order valence-electron chi connectivity index (χ1n) is 8.71. The maximum Gasteiger partial charge on any atom is 0.230 e. The Hall–Kier alpha value is -2.73. The molecule has 0 radical (unpaired) electrons. The molecule has 1 N–H and O–H groups in total. The van der Waals surface area contributed by atoms with Gasteiger partial charge in [0.15, 0.2) is 5.16 Å². The van der Waals surface area contributed by atoms with Gasteiger partial charge in [-0.3, -0.25) is 9.36 Å². The topological polar surface area (TPSA) is 56.1 Å². The Balaban J connectivity index is 1.58. The molecule has 0 aliphatic heterocycles. The van der Waals surface area contributed by atoms with Gasteiger partial charge in [0.2, 0.25) is 5.91 Å².